The topological polar surface area (TPSA) is 39.3 Å². The van der Waals surface area contributed by atoms with Crippen LogP contribution in [0.25, 0.3) is 16.5 Å². The molecule has 3 aliphatic rings. The smallest absolute Gasteiger partial charge is 0.227 e. The number of aryl methyl sites for hydroxylation is 1. The maximum Gasteiger partial charge on any atom is 0.227 e. The summed E-state index contributed by atoms with van der Waals surface area (Å²) in [5.74, 6) is 0.0973. The molecule has 0 spiro atoms. The van der Waals surface area contributed by atoms with E-state index in [0.29, 0.717) is 6.42 Å². The summed E-state index contributed by atoms with van der Waals surface area (Å²) >= 11 is 0. The molecule has 0 bridgehead atoms. The van der Waals surface area contributed by atoms with Gasteiger partial charge in [0.05, 0.1) is 5.69 Å². The fourth-order valence-electron chi connectivity index (χ4n) is 5.48. The van der Waals surface area contributed by atoms with Gasteiger partial charge in [-0.2, -0.15) is 0 Å². The lowest BCUT2D eigenvalue weighted by Crippen LogP contribution is -2.33. The minimum absolute atomic E-state index is 0.188. The monoisotopic (exact) mass is 415 g/mol. The number of fused-ring (bicyclic) bond motifs is 1. The van der Waals surface area contributed by atoms with Gasteiger partial charge < -0.3 is 9.88 Å². The zero-order valence-corrected chi connectivity index (χ0v) is 17.6. The molecule has 1 amide bonds. The molecule has 6 rings (SSSR count). The van der Waals surface area contributed by atoms with Crippen LogP contribution >= 0.6 is 0 Å². The highest BCUT2D eigenvalue weighted by atomic mass is 19.1. The first-order valence-electron chi connectivity index (χ1n) is 11.3. The highest BCUT2D eigenvalue weighted by Crippen LogP contribution is 2.37. The lowest BCUT2D eigenvalue weighted by Gasteiger charge is -2.27. The fourth-order valence-corrected chi connectivity index (χ4v) is 5.48. The van der Waals surface area contributed by atoms with Crippen molar-refractivity contribution in [2.75, 3.05) is 31.1 Å². The van der Waals surface area contributed by atoms with Crippen molar-refractivity contribution < 1.29 is 9.18 Å². The van der Waals surface area contributed by atoms with E-state index in [1.54, 1.807) is 6.07 Å². The van der Waals surface area contributed by atoms with Crippen LogP contribution in [0.1, 0.15) is 35.1 Å². The van der Waals surface area contributed by atoms with Crippen LogP contribution in [0.3, 0.4) is 0 Å². The van der Waals surface area contributed by atoms with Gasteiger partial charge >= 0.3 is 0 Å². The summed E-state index contributed by atoms with van der Waals surface area (Å²) in [7, 11) is 0. The van der Waals surface area contributed by atoms with E-state index in [4.69, 9.17) is 0 Å². The standard InChI is InChI=1S/C26H26FN3O/c27-21-2-3-24-22(15-21)23(16-28-24)18-6-10-29(11-7-18)9-5-17-13-19-1-4-25(31)30-12-8-20(14-17)26(19)30/h2-3,6,13-16,28H,1,4-5,7-12H2. The zero-order chi connectivity index (χ0) is 20.9. The predicted octanol–water partition coefficient (Wildman–Crippen LogP) is 4.47. The van der Waals surface area contributed by atoms with Crippen LogP contribution in [0.15, 0.2) is 42.6 Å². The Kier molecular flexibility index (Phi) is 4.46. The van der Waals surface area contributed by atoms with E-state index >= 15 is 0 Å². The summed E-state index contributed by atoms with van der Waals surface area (Å²) in [4.78, 5) is 19.9. The van der Waals surface area contributed by atoms with Gasteiger partial charge in [-0.1, -0.05) is 18.2 Å². The highest BCUT2D eigenvalue weighted by Gasteiger charge is 2.31. The molecule has 0 saturated heterocycles. The largest absolute Gasteiger partial charge is 0.361 e. The minimum Gasteiger partial charge on any atom is -0.361 e. The maximum absolute atomic E-state index is 13.7. The fraction of sp³-hybridized carbons (Fsp3) is 0.346. The van der Waals surface area contributed by atoms with Crippen molar-refractivity contribution in [1.82, 2.24) is 9.88 Å². The molecule has 5 heteroatoms. The Morgan fingerprint density at radius 2 is 1.87 bits per heavy atom. The number of benzene rings is 2. The maximum atomic E-state index is 13.7. The number of hydrogen-bond donors (Lipinski definition) is 1. The third kappa shape index (κ3) is 3.28. The molecule has 0 aliphatic carbocycles. The van der Waals surface area contributed by atoms with Gasteiger partial charge in [-0.05, 0) is 66.1 Å². The van der Waals surface area contributed by atoms with E-state index in [0.717, 1.165) is 68.3 Å². The van der Waals surface area contributed by atoms with Crippen LogP contribution in [0, 0.1) is 5.82 Å². The Morgan fingerprint density at radius 1 is 1.00 bits per heavy atom. The molecule has 31 heavy (non-hydrogen) atoms. The Hall–Kier alpha value is -2.92. The first kappa shape index (κ1) is 18.8. The number of aromatic amines is 1. The first-order valence-corrected chi connectivity index (χ1v) is 11.3. The molecular weight excluding hydrogens is 389 g/mol. The van der Waals surface area contributed by atoms with E-state index in [2.05, 4.69) is 28.1 Å². The number of carbonyl (C=O) groups is 1. The molecular formula is C26H26FN3O. The van der Waals surface area contributed by atoms with Crippen molar-refractivity contribution in [2.24, 2.45) is 0 Å². The summed E-state index contributed by atoms with van der Waals surface area (Å²) in [6, 6.07) is 9.59. The normalized spacial score (nSPS) is 18.5. The molecule has 4 nitrogen and oxygen atoms in total. The number of hydrogen-bond acceptors (Lipinski definition) is 2. The van der Waals surface area contributed by atoms with Gasteiger partial charge in [0, 0.05) is 55.3 Å². The van der Waals surface area contributed by atoms with E-state index in [1.165, 1.54) is 34.0 Å². The second-order valence-corrected chi connectivity index (χ2v) is 8.98. The number of aromatic nitrogens is 1. The third-order valence-electron chi connectivity index (χ3n) is 7.11. The summed E-state index contributed by atoms with van der Waals surface area (Å²) in [6.07, 6.45) is 8.84. The summed E-state index contributed by atoms with van der Waals surface area (Å²) < 4.78 is 13.7. The molecule has 158 valence electrons. The molecule has 1 aromatic heterocycles. The van der Waals surface area contributed by atoms with E-state index in [-0.39, 0.29) is 11.7 Å². The molecule has 0 saturated carbocycles. The van der Waals surface area contributed by atoms with Gasteiger partial charge in [0.25, 0.3) is 0 Å². The number of nitrogens with one attached hydrogen (secondary N) is 1. The Bertz CT molecular complexity index is 1220. The summed E-state index contributed by atoms with van der Waals surface area (Å²) in [5, 5.41) is 0.972. The molecule has 0 unspecified atom stereocenters. The number of halogens is 1. The van der Waals surface area contributed by atoms with Gasteiger partial charge in [0.1, 0.15) is 5.82 Å². The summed E-state index contributed by atoms with van der Waals surface area (Å²) in [6.45, 7) is 3.83. The van der Waals surface area contributed by atoms with Crippen LogP contribution < -0.4 is 4.90 Å². The predicted molar refractivity (Wildman–Crippen MR) is 122 cm³/mol. The van der Waals surface area contributed by atoms with Crippen molar-refractivity contribution in [3.8, 4) is 0 Å². The quantitative estimate of drug-likeness (QED) is 0.683. The number of anilines is 1. The van der Waals surface area contributed by atoms with Crippen molar-refractivity contribution in [3.05, 3.63) is 70.7 Å². The van der Waals surface area contributed by atoms with Crippen molar-refractivity contribution in [1.29, 1.82) is 0 Å². The number of nitrogens with zero attached hydrogens (tertiary/aromatic N) is 2. The van der Waals surface area contributed by atoms with E-state index in [1.807, 2.05) is 17.2 Å². The number of H-pyrrole nitrogens is 1. The van der Waals surface area contributed by atoms with Crippen molar-refractivity contribution >= 4 is 28.1 Å². The number of rotatable bonds is 4. The Morgan fingerprint density at radius 3 is 2.71 bits per heavy atom. The molecule has 1 N–H and O–H groups in total. The van der Waals surface area contributed by atoms with Crippen LogP contribution in [-0.4, -0.2) is 42.0 Å². The molecule has 0 radical (unpaired) electrons. The zero-order valence-electron chi connectivity index (χ0n) is 17.6. The first-order chi connectivity index (χ1) is 15.2. The Balaban J connectivity index is 1.14. The highest BCUT2D eigenvalue weighted by molar-refractivity contribution is 5.98. The minimum atomic E-state index is -0.188. The summed E-state index contributed by atoms with van der Waals surface area (Å²) in [5.41, 5.74) is 8.74. The second-order valence-electron chi connectivity index (χ2n) is 8.98. The van der Waals surface area contributed by atoms with Gasteiger partial charge in [0.15, 0.2) is 0 Å². The Labute approximate surface area is 181 Å². The van der Waals surface area contributed by atoms with Gasteiger partial charge in [-0.15, -0.1) is 0 Å². The van der Waals surface area contributed by atoms with Gasteiger partial charge in [-0.25, -0.2) is 4.39 Å². The molecule has 0 atom stereocenters. The van der Waals surface area contributed by atoms with Crippen LogP contribution in [0.4, 0.5) is 10.1 Å². The third-order valence-corrected chi connectivity index (χ3v) is 7.11. The van der Waals surface area contributed by atoms with Crippen molar-refractivity contribution in [2.45, 2.75) is 32.1 Å². The SMILES string of the molecule is O=C1CCc2cc(CCN3CC=C(c4c[nH]c5ccc(F)cc45)CC3)cc3c2N1CC3. The van der Waals surface area contributed by atoms with Gasteiger partial charge in [-0.3, -0.25) is 9.69 Å². The molecule has 3 aliphatic heterocycles. The van der Waals surface area contributed by atoms with Crippen LogP contribution in [0.5, 0.6) is 0 Å². The molecule has 2 aromatic carbocycles. The van der Waals surface area contributed by atoms with E-state index in [9.17, 15) is 9.18 Å². The van der Waals surface area contributed by atoms with Crippen LogP contribution in [0.2, 0.25) is 0 Å². The molecule has 3 aromatic rings. The van der Waals surface area contributed by atoms with Crippen molar-refractivity contribution in [3.63, 3.8) is 0 Å². The number of amides is 1. The molecule has 4 heterocycles. The van der Waals surface area contributed by atoms with Gasteiger partial charge in [0.2, 0.25) is 5.91 Å². The lowest BCUT2D eigenvalue weighted by molar-refractivity contribution is -0.118. The molecule has 0 fully saturated rings. The van der Waals surface area contributed by atoms with Crippen LogP contribution in [-0.2, 0) is 24.1 Å². The second kappa shape index (κ2) is 7.34. The number of carbonyl (C=O) groups excluding carboxylic acids is 1. The lowest BCUT2D eigenvalue weighted by atomic mass is 9.95. The van der Waals surface area contributed by atoms with E-state index < -0.39 is 0 Å². The average Bonchev–Trinajstić information content (AvgIpc) is 3.40. The average molecular weight is 416 g/mol.